The average Bonchev–Trinajstić information content (AvgIpc) is 3.42. The van der Waals surface area contributed by atoms with E-state index in [9.17, 15) is 4.79 Å². The number of anilines is 1. The number of benzene rings is 2. The zero-order valence-electron chi connectivity index (χ0n) is 15.3. The van der Waals surface area contributed by atoms with Crippen molar-refractivity contribution in [2.24, 2.45) is 0 Å². The number of pyridine rings is 1. The van der Waals surface area contributed by atoms with Gasteiger partial charge in [0.05, 0.1) is 17.6 Å². The van der Waals surface area contributed by atoms with Crippen molar-refractivity contribution in [3.8, 4) is 22.6 Å². The molecule has 29 heavy (non-hydrogen) atoms. The highest BCUT2D eigenvalue weighted by molar-refractivity contribution is 7.21. The van der Waals surface area contributed by atoms with Gasteiger partial charge in [-0.1, -0.05) is 60.7 Å². The second-order valence-electron chi connectivity index (χ2n) is 6.62. The fourth-order valence-electron chi connectivity index (χ4n) is 3.39. The summed E-state index contributed by atoms with van der Waals surface area (Å²) in [6.07, 6.45) is 1.63. The van der Waals surface area contributed by atoms with Gasteiger partial charge in [0.1, 0.15) is 15.5 Å². The summed E-state index contributed by atoms with van der Waals surface area (Å²) in [7, 11) is 0. The zero-order chi connectivity index (χ0) is 19.8. The molecule has 0 saturated carbocycles. The van der Waals surface area contributed by atoms with Crippen molar-refractivity contribution in [1.29, 1.82) is 0 Å². The van der Waals surface area contributed by atoms with Crippen molar-refractivity contribution in [1.82, 2.24) is 4.98 Å². The number of fused-ring (bicyclic) bond motifs is 1. The molecule has 0 atom stereocenters. The molecule has 140 valence electrons. The van der Waals surface area contributed by atoms with E-state index in [1.54, 1.807) is 18.4 Å². The lowest BCUT2D eigenvalue weighted by Gasteiger charge is -2.06. The molecule has 0 bridgehead atoms. The Morgan fingerprint density at radius 3 is 2.34 bits per heavy atom. The summed E-state index contributed by atoms with van der Waals surface area (Å²) >= 11 is 1.32. The zero-order valence-corrected chi connectivity index (χ0v) is 16.1. The van der Waals surface area contributed by atoms with Crippen LogP contribution in [0.25, 0.3) is 32.8 Å². The first-order chi connectivity index (χ1) is 14.2. The number of ketones is 1. The summed E-state index contributed by atoms with van der Waals surface area (Å²) in [5, 5.41) is 0.754. The number of carbonyl (C=O) groups is 1. The third-order valence-electron chi connectivity index (χ3n) is 4.80. The molecule has 2 aromatic carbocycles. The highest BCUT2D eigenvalue weighted by atomic mass is 32.1. The Bertz CT molecular complexity index is 1310. The van der Waals surface area contributed by atoms with Gasteiger partial charge >= 0.3 is 0 Å². The van der Waals surface area contributed by atoms with E-state index in [2.05, 4.69) is 0 Å². The Morgan fingerprint density at radius 2 is 1.66 bits per heavy atom. The first-order valence-corrected chi connectivity index (χ1v) is 9.96. The van der Waals surface area contributed by atoms with Gasteiger partial charge < -0.3 is 10.2 Å². The van der Waals surface area contributed by atoms with Crippen molar-refractivity contribution in [3.63, 3.8) is 0 Å². The summed E-state index contributed by atoms with van der Waals surface area (Å²) < 4.78 is 5.66. The Morgan fingerprint density at radius 1 is 0.931 bits per heavy atom. The van der Waals surface area contributed by atoms with Crippen LogP contribution < -0.4 is 5.73 Å². The van der Waals surface area contributed by atoms with Crippen LogP contribution in [0.3, 0.4) is 0 Å². The molecule has 5 aromatic rings. The number of thiophene rings is 1. The smallest absolute Gasteiger partial charge is 0.205 e. The van der Waals surface area contributed by atoms with E-state index in [4.69, 9.17) is 15.1 Å². The molecular formula is C24H16N2O2S. The molecule has 0 aliphatic heterocycles. The molecule has 0 saturated heterocycles. The molecule has 0 spiro atoms. The van der Waals surface area contributed by atoms with Crippen molar-refractivity contribution in [2.75, 3.05) is 5.73 Å². The van der Waals surface area contributed by atoms with E-state index >= 15 is 0 Å². The number of aromatic nitrogens is 1. The minimum Gasteiger partial charge on any atom is -0.464 e. The molecule has 0 unspecified atom stereocenters. The van der Waals surface area contributed by atoms with E-state index < -0.39 is 0 Å². The maximum atomic E-state index is 13.1. The highest BCUT2D eigenvalue weighted by Gasteiger charge is 2.23. The number of nitrogens with zero attached hydrogens (tertiary/aromatic N) is 1. The lowest BCUT2D eigenvalue weighted by Crippen LogP contribution is -2.01. The molecule has 3 aromatic heterocycles. The number of carbonyl (C=O) groups excluding carboxylic acids is 1. The topological polar surface area (TPSA) is 69.1 Å². The highest BCUT2D eigenvalue weighted by Crippen LogP contribution is 2.42. The maximum absolute atomic E-state index is 13.1. The molecule has 0 aliphatic rings. The second-order valence-corrected chi connectivity index (χ2v) is 7.62. The molecule has 5 heteroatoms. The van der Waals surface area contributed by atoms with Gasteiger partial charge in [0, 0.05) is 22.1 Å². The predicted octanol–water partition coefficient (Wildman–Crippen LogP) is 6.04. The molecule has 0 radical (unpaired) electrons. The summed E-state index contributed by atoms with van der Waals surface area (Å²) in [6, 6.07) is 24.8. The molecule has 0 amide bonds. The second kappa shape index (κ2) is 7.04. The Labute approximate surface area is 171 Å². The van der Waals surface area contributed by atoms with Crippen LogP contribution in [0.4, 0.5) is 5.69 Å². The average molecular weight is 396 g/mol. The van der Waals surface area contributed by atoms with Gasteiger partial charge in [-0.2, -0.15) is 0 Å². The Balaban J connectivity index is 1.76. The quantitative estimate of drug-likeness (QED) is 0.376. The van der Waals surface area contributed by atoms with Crippen LogP contribution in [0.5, 0.6) is 0 Å². The van der Waals surface area contributed by atoms with Crippen molar-refractivity contribution in [2.45, 2.75) is 0 Å². The fourth-order valence-corrected chi connectivity index (χ4v) is 4.48. The number of furan rings is 1. The number of nitrogen functional groups attached to an aromatic ring is 1. The minimum absolute atomic E-state index is 0.0993. The van der Waals surface area contributed by atoms with Gasteiger partial charge in [-0.3, -0.25) is 4.79 Å². The Kier molecular flexibility index (Phi) is 4.22. The molecule has 2 N–H and O–H groups in total. The van der Waals surface area contributed by atoms with Crippen LogP contribution in [-0.2, 0) is 0 Å². The molecule has 4 nitrogen and oxygen atoms in total. The molecular weight excluding hydrogens is 380 g/mol. The Hall–Kier alpha value is -3.70. The minimum atomic E-state index is -0.0993. The summed E-state index contributed by atoms with van der Waals surface area (Å²) in [4.78, 5) is 19.1. The fraction of sp³-hybridized carbons (Fsp3) is 0. The van der Waals surface area contributed by atoms with E-state index in [0.29, 0.717) is 21.9 Å². The van der Waals surface area contributed by atoms with Crippen LogP contribution in [0.2, 0.25) is 0 Å². The van der Waals surface area contributed by atoms with Crippen LogP contribution in [0, 0.1) is 0 Å². The van der Waals surface area contributed by atoms with Crippen LogP contribution >= 0.6 is 11.3 Å². The van der Waals surface area contributed by atoms with E-state index in [1.807, 2.05) is 66.7 Å². The summed E-state index contributed by atoms with van der Waals surface area (Å²) in [5.41, 5.74) is 10.2. The number of hydrogen-bond donors (Lipinski definition) is 1. The van der Waals surface area contributed by atoms with Gasteiger partial charge in [-0.25, -0.2) is 4.98 Å². The van der Waals surface area contributed by atoms with Crippen molar-refractivity contribution in [3.05, 3.63) is 95.6 Å². The maximum Gasteiger partial charge on any atom is 0.205 e. The number of nitrogens with two attached hydrogens (primary N) is 1. The normalized spacial score (nSPS) is 11.0. The first-order valence-electron chi connectivity index (χ1n) is 9.14. The van der Waals surface area contributed by atoms with Crippen molar-refractivity contribution < 1.29 is 9.21 Å². The SMILES string of the molecule is Nc1c(C(=O)c2ccccc2)sc2nc(-c3ccccc3)cc(-c3ccco3)c12. The first kappa shape index (κ1) is 17.4. The molecule has 3 heterocycles. The van der Waals surface area contributed by atoms with Gasteiger partial charge in [0.2, 0.25) is 5.78 Å². The number of rotatable bonds is 4. The number of hydrogen-bond acceptors (Lipinski definition) is 5. The standard InChI is InChI=1S/C24H16N2O2S/c25-21-20-17(19-12-7-13-28-19)14-18(15-8-3-1-4-9-15)26-24(20)29-23(21)22(27)16-10-5-2-6-11-16/h1-14H,25H2. The van der Waals surface area contributed by atoms with Crippen molar-refractivity contribution >= 4 is 33.0 Å². The van der Waals surface area contributed by atoms with Gasteiger partial charge in [-0.05, 0) is 18.2 Å². The van der Waals surface area contributed by atoms with E-state index in [0.717, 1.165) is 27.0 Å². The summed E-state index contributed by atoms with van der Waals surface area (Å²) in [5.74, 6) is 0.593. The van der Waals surface area contributed by atoms with E-state index in [1.165, 1.54) is 11.3 Å². The molecule has 5 rings (SSSR count). The van der Waals surface area contributed by atoms with Crippen LogP contribution in [0.15, 0.2) is 89.5 Å². The predicted molar refractivity (Wildman–Crippen MR) is 117 cm³/mol. The van der Waals surface area contributed by atoms with Gasteiger partial charge in [0.25, 0.3) is 0 Å². The largest absolute Gasteiger partial charge is 0.464 e. The lowest BCUT2D eigenvalue weighted by molar-refractivity contribution is 0.104. The summed E-state index contributed by atoms with van der Waals surface area (Å²) in [6.45, 7) is 0. The molecule has 0 aliphatic carbocycles. The van der Waals surface area contributed by atoms with Gasteiger partial charge in [-0.15, -0.1) is 11.3 Å². The van der Waals surface area contributed by atoms with Crippen LogP contribution in [0.1, 0.15) is 15.2 Å². The lowest BCUT2D eigenvalue weighted by atomic mass is 10.0. The third-order valence-corrected chi connectivity index (χ3v) is 5.90. The monoisotopic (exact) mass is 396 g/mol. The van der Waals surface area contributed by atoms with Crippen LogP contribution in [-0.4, -0.2) is 10.8 Å². The molecule has 0 fully saturated rings. The van der Waals surface area contributed by atoms with E-state index in [-0.39, 0.29) is 5.78 Å². The third kappa shape index (κ3) is 3.02. The van der Waals surface area contributed by atoms with Gasteiger partial charge in [0.15, 0.2) is 0 Å².